The Labute approximate surface area is 102 Å². The van der Waals surface area contributed by atoms with E-state index in [0.29, 0.717) is 5.75 Å². The Kier molecular flexibility index (Phi) is 3.10. The molecule has 2 N–H and O–H groups in total. The number of nitrogens with two attached hydrogens (primary N) is 1. The maximum Gasteiger partial charge on any atom is 0.145 e. The highest BCUT2D eigenvalue weighted by Gasteiger charge is 2.05. The molecule has 0 unspecified atom stereocenters. The molecule has 0 saturated carbocycles. The third-order valence-corrected chi connectivity index (χ3v) is 2.80. The van der Waals surface area contributed by atoms with Crippen LogP contribution in [0.2, 0.25) is 0 Å². The second-order valence-electron chi connectivity index (χ2n) is 3.43. The van der Waals surface area contributed by atoms with Crippen molar-refractivity contribution in [3.63, 3.8) is 0 Å². The van der Waals surface area contributed by atoms with Crippen LogP contribution in [-0.2, 0) is 0 Å². The Morgan fingerprint density at radius 2 is 2.19 bits per heavy atom. The molecule has 0 atom stereocenters. The summed E-state index contributed by atoms with van der Waals surface area (Å²) >= 11 is 3.41. The van der Waals surface area contributed by atoms with Crippen LogP contribution in [0.4, 0.5) is 5.69 Å². The molecule has 0 amide bonds. The molecule has 4 heteroatoms. The molecule has 0 bridgehead atoms. The summed E-state index contributed by atoms with van der Waals surface area (Å²) in [7, 11) is 0. The van der Waals surface area contributed by atoms with Gasteiger partial charge in [-0.25, -0.2) is 0 Å². The van der Waals surface area contributed by atoms with E-state index in [0.717, 1.165) is 21.5 Å². The quantitative estimate of drug-likeness (QED) is 0.855. The van der Waals surface area contributed by atoms with Crippen molar-refractivity contribution >= 4 is 21.6 Å². The van der Waals surface area contributed by atoms with E-state index in [-0.39, 0.29) is 0 Å². The number of anilines is 1. The van der Waals surface area contributed by atoms with E-state index in [1.165, 1.54) is 0 Å². The summed E-state index contributed by atoms with van der Waals surface area (Å²) in [6.45, 7) is 1.94. The van der Waals surface area contributed by atoms with Crippen molar-refractivity contribution in [3.05, 3.63) is 46.7 Å². The zero-order valence-electron chi connectivity index (χ0n) is 8.77. The predicted molar refractivity (Wildman–Crippen MR) is 67.6 cm³/mol. The van der Waals surface area contributed by atoms with Crippen LogP contribution in [0.1, 0.15) is 5.56 Å². The first-order chi connectivity index (χ1) is 7.66. The highest BCUT2D eigenvalue weighted by molar-refractivity contribution is 9.10. The van der Waals surface area contributed by atoms with Crippen molar-refractivity contribution < 1.29 is 4.74 Å². The molecule has 16 heavy (non-hydrogen) atoms. The number of halogens is 1. The lowest BCUT2D eigenvalue weighted by molar-refractivity contribution is 0.477. The van der Waals surface area contributed by atoms with Crippen LogP contribution in [0.15, 0.2) is 41.1 Å². The maximum absolute atomic E-state index is 5.79. The highest BCUT2D eigenvalue weighted by atomic mass is 79.9. The zero-order chi connectivity index (χ0) is 11.5. The molecule has 82 valence electrons. The van der Waals surface area contributed by atoms with E-state index in [1.807, 2.05) is 31.2 Å². The van der Waals surface area contributed by atoms with Gasteiger partial charge in [-0.15, -0.1) is 0 Å². The van der Waals surface area contributed by atoms with Crippen molar-refractivity contribution in [1.82, 2.24) is 4.98 Å². The summed E-state index contributed by atoms with van der Waals surface area (Å²) in [5, 5.41) is 0. The largest absolute Gasteiger partial charge is 0.455 e. The van der Waals surface area contributed by atoms with E-state index in [1.54, 1.807) is 12.4 Å². The van der Waals surface area contributed by atoms with Crippen molar-refractivity contribution in [3.8, 4) is 11.5 Å². The Balaban J connectivity index is 2.32. The average molecular weight is 279 g/mol. The molecule has 0 aliphatic heterocycles. The first-order valence-corrected chi connectivity index (χ1v) is 5.59. The lowest BCUT2D eigenvalue weighted by atomic mass is 10.2. The number of aryl methyl sites for hydroxylation is 1. The first-order valence-electron chi connectivity index (χ1n) is 4.80. The number of rotatable bonds is 2. The minimum Gasteiger partial charge on any atom is -0.455 e. The fourth-order valence-corrected chi connectivity index (χ4v) is 1.73. The van der Waals surface area contributed by atoms with Gasteiger partial charge in [-0.05, 0) is 52.7 Å². The Morgan fingerprint density at radius 1 is 1.38 bits per heavy atom. The predicted octanol–water partition coefficient (Wildman–Crippen LogP) is 3.53. The third kappa shape index (κ3) is 2.33. The number of ether oxygens (including phenoxy) is 1. The number of benzene rings is 1. The lowest BCUT2D eigenvalue weighted by Crippen LogP contribution is -1.92. The Hall–Kier alpha value is -1.55. The second kappa shape index (κ2) is 4.53. The standard InChI is InChI=1S/C12H11BrN2O/c1-8-5-12(10(13)6-11(8)14)16-9-3-2-4-15-7-9/h2-7H,14H2,1H3. The molecule has 1 aromatic carbocycles. The van der Waals surface area contributed by atoms with Gasteiger partial charge in [0, 0.05) is 11.9 Å². The van der Waals surface area contributed by atoms with E-state index in [4.69, 9.17) is 10.5 Å². The molecule has 0 saturated heterocycles. The number of pyridine rings is 1. The third-order valence-electron chi connectivity index (χ3n) is 2.18. The van der Waals surface area contributed by atoms with Crippen LogP contribution < -0.4 is 10.5 Å². The van der Waals surface area contributed by atoms with Gasteiger partial charge in [-0.1, -0.05) is 0 Å². The highest BCUT2D eigenvalue weighted by Crippen LogP contribution is 2.32. The summed E-state index contributed by atoms with van der Waals surface area (Å²) in [6, 6.07) is 7.41. The molecular weight excluding hydrogens is 268 g/mol. The lowest BCUT2D eigenvalue weighted by Gasteiger charge is -2.09. The van der Waals surface area contributed by atoms with Gasteiger partial charge in [0.15, 0.2) is 0 Å². The molecule has 0 aliphatic rings. The minimum absolute atomic E-state index is 0.701. The zero-order valence-corrected chi connectivity index (χ0v) is 10.4. The van der Waals surface area contributed by atoms with E-state index in [9.17, 15) is 0 Å². The molecule has 2 aromatic rings. The molecule has 1 heterocycles. The first kappa shape index (κ1) is 11.0. The van der Waals surface area contributed by atoms with Crippen molar-refractivity contribution in [1.29, 1.82) is 0 Å². The molecule has 0 aliphatic carbocycles. The van der Waals surface area contributed by atoms with Crippen molar-refractivity contribution in [2.75, 3.05) is 5.73 Å². The van der Waals surface area contributed by atoms with Crippen LogP contribution in [0.3, 0.4) is 0 Å². The van der Waals surface area contributed by atoms with Gasteiger partial charge in [0.1, 0.15) is 11.5 Å². The van der Waals surface area contributed by atoms with E-state index in [2.05, 4.69) is 20.9 Å². The molecule has 3 nitrogen and oxygen atoms in total. The van der Waals surface area contributed by atoms with Gasteiger partial charge in [0.25, 0.3) is 0 Å². The average Bonchev–Trinajstić information content (AvgIpc) is 2.27. The summed E-state index contributed by atoms with van der Waals surface area (Å²) in [5.41, 5.74) is 7.51. The van der Waals surface area contributed by atoms with Gasteiger partial charge in [-0.2, -0.15) is 0 Å². The molecule has 2 rings (SSSR count). The number of aromatic nitrogens is 1. The normalized spacial score (nSPS) is 10.1. The van der Waals surface area contributed by atoms with Crippen LogP contribution in [0.5, 0.6) is 11.5 Å². The number of hydrogen-bond acceptors (Lipinski definition) is 3. The van der Waals surface area contributed by atoms with Crippen LogP contribution in [0, 0.1) is 6.92 Å². The van der Waals surface area contributed by atoms with Crippen molar-refractivity contribution in [2.45, 2.75) is 6.92 Å². The summed E-state index contributed by atoms with van der Waals surface area (Å²) in [4.78, 5) is 3.99. The van der Waals surface area contributed by atoms with Gasteiger partial charge in [-0.3, -0.25) is 4.98 Å². The number of nitrogens with zero attached hydrogens (tertiary/aromatic N) is 1. The second-order valence-corrected chi connectivity index (χ2v) is 4.28. The van der Waals surface area contributed by atoms with Gasteiger partial charge in [0.2, 0.25) is 0 Å². The molecule has 0 fully saturated rings. The topological polar surface area (TPSA) is 48.1 Å². The fourth-order valence-electron chi connectivity index (χ4n) is 1.28. The number of hydrogen-bond donors (Lipinski definition) is 1. The molecule has 0 radical (unpaired) electrons. The minimum atomic E-state index is 0.701. The van der Waals surface area contributed by atoms with E-state index < -0.39 is 0 Å². The summed E-state index contributed by atoms with van der Waals surface area (Å²) in [6.07, 6.45) is 3.37. The fraction of sp³-hybridized carbons (Fsp3) is 0.0833. The Morgan fingerprint density at radius 3 is 2.88 bits per heavy atom. The SMILES string of the molecule is Cc1cc(Oc2cccnc2)c(Br)cc1N. The number of nitrogen functional groups attached to an aromatic ring is 1. The smallest absolute Gasteiger partial charge is 0.145 e. The molecule has 0 spiro atoms. The van der Waals surface area contributed by atoms with Crippen LogP contribution >= 0.6 is 15.9 Å². The van der Waals surface area contributed by atoms with Crippen LogP contribution in [0.25, 0.3) is 0 Å². The molecule has 1 aromatic heterocycles. The van der Waals surface area contributed by atoms with Gasteiger partial charge in [0.05, 0.1) is 10.7 Å². The van der Waals surface area contributed by atoms with Crippen molar-refractivity contribution in [2.24, 2.45) is 0 Å². The molecular formula is C12H11BrN2O. The summed E-state index contributed by atoms with van der Waals surface area (Å²) < 4.78 is 6.51. The van der Waals surface area contributed by atoms with Crippen LogP contribution in [-0.4, -0.2) is 4.98 Å². The van der Waals surface area contributed by atoms with Gasteiger partial charge < -0.3 is 10.5 Å². The maximum atomic E-state index is 5.79. The monoisotopic (exact) mass is 278 g/mol. The Bertz CT molecular complexity index is 500. The van der Waals surface area contributed by atoms with Gasteiger partial charge >= 0.3 is 0 Å². The van der Waals surface area contributed by atoms with E-state index >= 15 is 0 Å². The summed E-state index contributed by atoms with van der Waals surface area (Å²) in [5.74, 6) is 1.44.